The van der Waals surface area contributed by atoms with Crippen LogP contribution < -0.4 is 0 Å². The van der Waals surface area contributed by atoms with Gasteiger partial charge in [-0.15, -0.1) is 0 Å². The van der Waals surface area contributed by atoms with Gasteiger partial charge in [0, 0.05) is 18.7 Å². The number of pyridine rings is 1. The van der Waals surface area contributed by atoms with E-state index in [1.54, 1.807) is 6.07 Å². The fraction of sp³-hybridized carbons (Fsp3) is 0.600. The summed E-state index contributed by atoms with van der Waals surface area (Å²) >= 11 is 11.9. The molecule has 1 aliphatic heterocycles. The van der Waals surface area contributed by atoms with E-state index in [-0.39, 0.29) is 17.3 Å². The quantitative estimate of drug-likeness (QED) is 0.764. The van der Waals surface area contributed by atoms with Crippen molar-refractivity contribution in [2.45, 2.75) is 44.1 Å². The Morgan fingerprint density at radius 2 is 2.10 bits per heavy atom. The van der Waals surface area contributed by atoms with Gasteiger partial charge in [0.2, 0.25) is 0 Å². The zero-order valence-corrected chi connectivity index (χ0v) is 12.7. The van der Waals surface area contributed by atoms with Crippen molar-refractivity contribution in [1.82, 2.24) is 4.98 Å². The second-order valence-electron chi connectivity index (χ2n) is 5.78. The standard InChI is InChI=1S/C15H17Cl2NO2/c16-11-7-12(17)13(18-9-11)14(19)10-3-6-20-15(8-10)4-1-2-5-15/h7,9-10H,1-6,8H2. The summed E-state index contributed by atoms with van der Waals surface area (Å²) in [6, 6.07) is 1.58. The molecule has 108 valence electrons. The van der Waals surface area contributed by atoms with E-state index < -0.39 is 0 Å². The molecule has 1 aromatic rings. The molecule has 1 aliphatic carbocycles. The molecule has 0 aromatic carbocycles. The van der Waals surface area contributed by atoms with Crippen molar-refractivity contribution in [3.8, 4) is 0 Å². The Morgan fingerprint density at radius 1 is 1.35 bits per heavy atom. The molecule has 3 nitrogen and oxygen atoms in total. The predicted molar refractivity (Wildman–Crippen MR) is 78.5 cm³/mol. The summed E-state index contributed by atoms with van der Waals surface area (Å²) in [5.41, 5.74) is 0.272. The number of aromatic nitrogens is 1. The van der Waals surface area contributed by atoms with E-state index in [0.717, 1.165) is 25.7 Å². The van der Waals surface area contributed by atoms with E-state index in [2.05, 4.69) is 4.98 Å². The van der Waals surface area contributed by atoms with E-state index in [1.165, 1.54) is 19.0 Å². The third-order valence-corrected chi connectivity index (χ3v) is 4.91. The van der Waals surface area contributed by atoms with Gasteiger partial charge in [-0.3, -0.25) is 4.79 Å². The van der Waals surface area contributed by atoms with Gasteiger partial charge in [-0.1, -0.05) is 36.0 Å². The molecule has 1 saturated carbocycles. The number of ketones is 1. The summed E-state index contributed by atoms with van der Waals surface area (Å²) in [7, 11) is 0. The second-order valence-corrected chi connectivity index (χ2v) is 6.62. The molecule has 2 fully saturated rings. The molecule has 1 atom stereocenters. The van der Waals surface area contributed by atoms with E-state index in [0.29, 0.717) is 22.3 Å². The lowest BCUT2D eigenvalue weighted by Crippen LogP contribution is -2.40. The lowest BCUT2D eigenvalue weighted by Gasteiger charge is -2.37. The largest absolute Gasteiger partial charge is 0.375 e. The Labute approximate surface area is 128 Å². The predicted octanol–water partition coefficient (Wildman–Crippen LogP) is 4.31. The number of nitrogens with zero attached hydrogens (tertiary/aromatic N) is 1. The van der Waals surface area contributed by atoms with Gasteiger partial charge in [0.25, 0.3) is 0 Å². The molecule has 0 radical (unpaired) electrons. The average molecular weight is 314 g/mol. The van der Waals surface area contributed by atoms with Gasteiger partial charge >= 0.3 is 0 Å². The molecule has 2 aliphatic rings. The third kappa shape index (κ3) is 2.72. The molecule has 1 saturated heterocycles. The van der Waals surface area contributed by atoms with Crippen molar-refractivity contribution >= 4 is 29.0 Å². The number of hydrogen-bond donors (Lipinski definition) is 0. The van der Waals surface area contributed by atoms with Gasteiger partial charge in [0.1, 0.15) is 5.69 Å². The topological polar surface area (TPSA) is 39.2 Å². The molecule has 5 heteroatoms. The van der Waals surface area contributed by atoms with Crippen LogP contribution in [0.5, 0.6) is 0 Å². The van der Waals surface area contributed by atoms with Crippen molar-refractivity contribution < 1.29 is 9.53 Å². The van der Waals surface area contributed by atoms with Crippen LogP contribution in [0, 0.1) is 5.92 Å². The van der Waals surface area contributed by atoms with Crippen molar-refractivity contribution in [2.75, 3.05) is 6.61 Å². The smallest absolute Gasteiger partial charge is 0.185 e. The van der Waals surface area contributed by atoms with Gasteiger partial charge in [-0.05, 0) is 31.7 Å². The van der Waals surface area contributed by atoms with Gasteiger partial charge in [-0.25, -0.2) is 4.98 Å². The number of ether oxygens (including phenoxy) is 1. The molecule has 1 aromatic heterocycles. The summed E-state index contributed by atoms with van der Waals surface area (Å²) in [6.45, 7) is 0.654. The van der Waals surface area contributed by atoms with E-state index in [4.69, 9.17) is 27.9 Å². The molecule has 1 unspecified atom stereocenters. The van der Waals surface area contributed by atoms with E-state index >= 15 is 0 Å². The first-order chi connectivity index (χ1) is 9.60. The van der Waals surface area contributed by atoms with Crippen molar-refractivity contribution in [2.24, 2.45) is 5.92 Å². The van der Waals surface area contributed by atoms with Crippen molar-refractivity contribution in [3.05, 3.63) is 28.0 Å². The summed E-state index contributed by atoms with van der Waals surface area (Å²) in [5.74, 6) is -0.00531. The number of rotatable bonds is 2. The van der Waals surface area contributed by atoms with Crippen LogP contribution in [0.4, 0.5) is 0 Å². The number of halogens is 2. The first kappa shape index (κ1) is 14.3. The van der Waals surface area contributed by atoms with Crippen LogP contribution in [-0.2, 0) is 4.74 Å². The molecule has 20 heavy (non-hydrogen) atoms. The first-order valence-electron chi connectivity index (χ1n) is 7.09. The number of carbonyl (C=O) groups is 1. The number of carbonyl (C=O) groups excluding carboxylic acids is 1. The minimum Gasteiger partial charge on any atom is -0.375 e. The van der Waals surface area contributed by atoms with Gasteiger partial charge < -0.3 is 4.74 Å². The summed E-state index contributed by atoms with van der Waals surface area (Å²) in [5, 5.41) is 0.792. The van der Waals surface area contributed by atoms with Gasteiger partial charge in [0.15, 0.2) is 5.78 Å². The molecule has 1 spiro atoms. The maximum atomic E-state index is 12.6. The van der Waals surface area contributed by atoms with Crippen LogP contribution >= 0.6 is 23.2 Å². The summed E-state index contributed by atoms with van der Waals surface area (Å²) < 4.78 is 5.97. The Bertz CT molecular complexity index is 527. The SMILES string of the molecule is O=C(c1ncc(Cl)cc1Cl)C1CCOC2(CCCC2)C1. The van der Waals surface area contributed by atoms with Crippen molar-refractivity contribution in [3.63, 3.8) is 0 Å². The molecule has 0 N–H and O–H groups in total. The van der Waals surface area contributed by atoms with Crippen LogP contribution in [0.1, 0.15) is 49.0 Å². The third-order valence-electron chi connectivity index (χ3n) is 4.42. The maximum absolute atomic E-state index is 12.6. The zero-order valence-electron chi connectivity index (χ0n) is 11.2. The fourth-order valence-corrected chi connectivity index (χ4v) is 3.88. The van der Waals surface area contributed by atoms with Crippen LogP contribution in [0.3, 0.4) is 0 Å². The van der Waals surface area contributed by atoms with E-state index in [9.17, 15) is 4.79 Å². The highest BCUT2D eigenvalue weighted by atomic mass is 35.5. The van der Waals surface area contributed by atoms with Crippen LogP contribution in [0.15, 0.2) is 12.3 Å². The highest BCUT2D eigenvalue weighted by Gasteiger charge is 2.42. The lowest BCUT2D eigenvalue weighted by molar-refractivity contribution is -0.0866. The van der Waals surface area contributed by atoms with Gasteiger partial charge in [-0.2, -0.15) is 0 Å². The average Bonchev–Trinajstić information content (AvgIpc) is 2.86. The van der Waals surface area contributed by atoms with Crippen molar-refractivity contribution in [1.29, 1.82) is 0 Å². The Hall–Kier alpha value is -0.640. The molecular formula is C15H17Cl2NO2. The Morgan fingerprint density at radius 3 is 2.80 bits per heavy atom. The lowest BCUT2D eigenvalue weighted by atomic mass is 9.81. The minimum atomic E-state index is -0.0719. The molecule has 2 heterocycles. The van der Waals surface area contributed by atoms with E-state index in [1.807, 2.05) is 0 Å². The van der Waals surface area contributed by atoms with Crippen LogP contribution in [0.25, 0.3) is 0 Å². The minimum absolute atomic E-state index is 0.0289. The highest BCUT2D eigenvalue weighted by molar-refractivity contribution is 6.36. The summed E-state index contributed by atoms with van der Waals surface area (Å²) in [4.78, 5) is 16.7. The fourth-order valence-electron chi connectivity index (χ4n) is 3.41. The molecular weight excluding hydrogens is 297 g/mol. The van der Waals surface area contributed by atoms with Crippen LogP contribution in [0.2, 0.25) is 10.0 Å². The highest BCUT2D eigenvalue weighted by Crippen LogP contribution is 2.43. The number of hydrogen-bond acceptors (Lipinski definition) is 3. The van der Waals surface area contributed by atoms with Gasteiger partial charge in [0.05, 0.1) is 15.6 Å². The summed E-state index contributed by atoms with van der Waals surface area (Å²) in [6.07, 6.45) is 7.55. The Kier molecular flexibility index (Phi) is 4.02. The molecule has 0 amide bonds. The second kappa shape index (κ2) is 5.63. The number of Topliss-reactive ketones (excluding diaryl/α,β-unsaturated/α-hetero) is 1. The first-order valence-corrected chi connectivity index (χ1v) is 7.84. The Balaban J connectivity index is 1.79. The maximum Gasteiger partial charge on any atom is 0.185 e. The molecule has 3 rings (SSSR count). The normalized spacial score (nSPS) is 25.0. The molecule has 0 bridgehead atoms. The van der Waals surface area contributed by atoms with Crippen LogP contribution in [-0.4, -0.2) is 23.0 Å². The zero-order chi connectivity index (χ0) is 14.2. The monoisotopic (exact) mass is 313 g/mol.